The van der Waals surface area contributed by atoms with Crippen LogP contribution in [0.25, 0.3) is 27.6 Å². The number of hydrogen-bond acceptors (Lipinski definition) is 4. The van der Waals surface area contributed by atoms with Crippen LogP contribution in [0, 0.1) is 17.5 Å². The number of nitrogens with zero attached hydrogens (tertiary/aromatic N) is 5. The fourth-order valence-corrected chi connectivity index (χ4v) is 6.55. The van der Waals surface area contributed by atoms with E-state index >= 15 is 22.0 Å². The highest BCUT2D eigenvalue weighted by Gasteiger charge is 2.48. The molecule has 2 aliphatic heterocycles. The molecule has 2 N–H and O–H groups in total. The molecule has 1 unspecified atom stereocenters. The number of amides is 3. The Bertz CT molecular complexity index is 1970. The monoisotopic (exact) mass is 684 g/mol. The fraction of sp³-hybridized carbons (Fsp3) is 0.353. The van der Waals surface area contributed by atoms with Crippen molar-refractivity contribution < 1.29 is 41.4 Å². The van der Waals surface area contributed by atoms with Crippen molar-refractivity contribution in [2.45, 2.75) is 37.6 Å². The van der Waals surface area contributed by atoms with Crippen molar-refractivity contribution in [3.63, 3.8) is 0 Å². The van der Waals surface area contributed by atoms with Gasteiger partial charge in [0.15, 0.2) is 5.82 Å². The predicted molar refractivity (Wildman–Crippen MR) is 170 cm³/mol. The van der Waals surface area contributed by atoms with Gasteiger partial charge in [-0.2, -0.15) is 5.10 Å². The molecule has 0 aliphatic carbocycles. The Morgan fingerprint density at radius 2 is 1.80 bits per heavy atom. The minimum Gasteiger partial charge on any atom is -0.465 e. The highest BCUT2D eigenvalue weighted by Crippen LogP contribution is 2.44. The van der Waals surface area contributed by atoms with Gasteiger partial charge in [-0.1, -0.05) is 6.08 Å². The van der Waals surface area contributed by atoms with E-state index in [1.807, 2.05) is 0 Å². The van der Waals surface area contributed by atoms with E-state index in [2.05, 4.69) is 10.1 Å². The van der Waals surface area contributed by atoms with E-state index in [9.17, 15) is 14.4 Å². The van der Waals surface area contributed by atoms with Gasteiger partial charge in [0.25, 0.3) is 11.8 Å². The molecule has 1 saturated heterocycles. The largest absolute Gasteiger partial charge is 0.465 e. The van der Waals surface area contributed by atoms with Crippen LogP contribution in [0.15, 0.2) is 48.8 Å². The Morgan fingerprint density at radius 1 is 1.02 bits per heavy atom. The van der Waals surface area contributed by atoms with Crippen LogP contribution < -0.4 is 0 Å². The molecular weight excluding hydrogens is 651 g/mol. The Balaban J connectivity index is 1.40. The van der Waals surface area contributed by atoms with E-state index in [1.54, 1.807) is 34.1 Å². The molecule has 6 rings (SSSR count). The van der Waals surface area contributed by atoms with Gasteiger partial charge in [-0.15, -0.1) is 0 Å². The lowest BCUT2D eigenvalue weighted by atomic mass is 9.84. The zero-order valence-electron chi connectivity index (χ0n) is 26.7. The van der Waals surface area contributed by atoms with Gasteiger partial charge in [0.2, 0.25) is 5.91 Å². The molecule has 4 aromatic rings. The van der Waals surface area contributed by atoms with Gasteiger partial charge in [0.1, 0.15) is 17.3 Å². The second-order valence-corrected chi connectivity index (χ2v) is 12.5. The molecule has 15 heteroatoms. The highest BCUT2D eigenvalue weighted by atomic mass is 19.3. The molecule has 258 valence electrons. The number of nitrogens with one attached hydrogen (secondary N) is 1. The standard InChI is InChI=1S/C34H33F5N6O4/c1-42(2)32(47)28-16-23-21(22-14-27(36)24(15-26(22)35)25-6-11-44(33(48)49)18-34(25,38)39)13-20(30(37)31(23)41-28)19-5-3-9-43(17-19)29(46)7-12-45-10-4-8-40-45/h4-5,8,10,13-16,25,41H,3,6-7,9,11-12,17-18H2,1-2H3,(H,48,49). The van der Waals surface area contributed by atoms with Crippen LogP contribution in [-0.4, -0.2) is 98.7 Å². The number of rotatable bonds is 7. The fourth-order valence-electron chi connectivity index (χ4n) is 6.55. The van der Waals surface area contributed by atoms with Crippen molar-refractivity contribution in [1.29, 1.82) is 0 Å². The molecular formula is C34H33F5N6O4. The van der Waals surface area contributed by atoms with E-state index in [0.717, 1.165) is 6.07 Å². The molecule has 0 bridgehead atoms. The van der Waals surface area contributed by atoms with Crippen molar-refractivity contribution in [2.75, 3.05) is 40.3 Å². The molecule has 0 spiro atoms. The lowest BCUT2D eigenvalue weighted by Crippen LogP contribution is -2.49. The zero-order valence-corrected chi connectivity index (χ0v) is 26.7. The Hall–Kier alpha value is -5.21. The van der Waals surface area contributed by atoms with Crippen LogP contribution in [0.1, 0.15) is 46.8 Å². The SMILES string of the molecule is CN(C)C(=O)c1cc2c(-c3cc(F)c(C4CCN(C(=O)O)CC4(F)F)cc3F)cc(C3=CCCN(C(=O)CCn4cccn4)C3)c(F)c2[nH]1. The second kappa shape index (κ2) is 13.0. The number of piperidine rings is 1. The second-order valence-electron chi connectivity index (χ2n) is 12.5. The molecule has 0 saturated carbocycles. The van der Waals surface area contributed by atoms with Crippen LogP contribution in [-0.2, 0) is 11.3 Å². The number of carbonyl (C=O) groups excluding carboxylic acids is 2. The number of aryl methyl sites for hydroxylation is 1. The van der Waals surface area contributed by atoms with E-state index in [4.69, 9.17) is 5.11 Å². The van der Waals surface area contributed by atoms with Crippen LogP contribution >= 0.6 is 0 Å². The number of fused-ring (bicyclic) bond motifs is 1. The van der Waals surface area contributed by atoms with E-state index < -0.39 is 59.8 Å². The van der Waals surface area contributed by atoms with Gasteiger partial charge in [-0.25, -0.2) is 26.7 Å². The number of likely N-dealkylation sites (tertiary alicyclic amines) is 1. The Labute approximate surface area is 277 Å². The molecule has 2 aromatic heterocycles. The van der Waals surface area contributed by atoms with Crippen LogP contribution in [0.5, 0.6) is 0 Å². The number of alkyl halides is 2. The first-order chi connectivity index (χ1) is 23.2. The predicted octanol–water partition coefficient (Wildman–Crippen LogP) is 5.96. The minimum absolute atomic E-state index is 0.00102. The van der Waals surface area contributed by atoms with Gasteiger partial charge >= 0.3 is 6.09 Å². The average molecular weight is 685 g/mol. The normalized spacial score (nSPS) is 17.7. The number of aromatic nitrogens is 3. The quantitative estimate of drug-likeness (QED) is 0.233. The number of carbonyl (C=O) groups is 3. The van der Waals surface area contributed by atoms with E-state index in [1.165, 1.54) is 31.1 Å². The lowest BCUT2D eigenvalue weighted by Gasteiger charge is -2.37. The molecule has 1 fully saturated rings. The summed E-state index contributed by atoms with van der Waals surface area (Å²) in [6.45, 7) is -0.683. The third-order valence-electron chi connectivity index (χ3n) is 9.07. The van der Waals surface area contributed by atoms with E-state index in [-0.39, 0.29) is 58.7 Å². The van der Waals surface area contributed by atoms with Crippen molar-refractivity contribution >= 4 is 34.4 Å². The van der Waals surface area contributed by atoms with Crippen molar-refractivity contribution in [2.24, 2.45) is 0 Å². The highest BCUT2D eigenvalue weighted by molar-refractivity contribution is 6.04. The molecule has 0 radical (unpaired) electrons. The number of carboxylic acid groups (broad SMARTS) is 1. The lowest BCUT2D eigenvalue weighted by molar-refractivity contribution is -0.131. The average Bonchev–Trinajstić information content (AvgIpc) is 3.75. The van der Waals surface area contributed by atoms with Crippen LogP contribution in [0.4, 0.5) is 26.7 Å². The Morgan fingerprint density at radius 3 is 2.47 bits per heavy atom. The number of halogens is 5. The summed E-state index contributed by atoms with van der Waals surface area (Å²) in [7, 11) is 2.98. The number of aromatic amines is 1. The maximum Gasteiger partial charge on any atom is 0.407 e. The van der Waals surface area contributed by atoms with Crippen molar-refractivity contribution in [3.05, 3.63) is 83.1 Å². The summed E-state index contributed by atoms with van der Waals surface area (Å²) in [5, 5.41) is 13.3. The van der Waals surface area contributed by atoms with Crippen molar-refractivity contribution in [3.8, 4) is 11.1 Å². The first kappa shape index (κ1) is 33.7. The van der Waals surface area contributed by atoms with Crippen LogP contribution in [0.2, 0.25) is 0 Å². The summed E-state index contributed by atoms with van der Waals surface area (Å²) in [6, 6.07) is 5.81. The first-order valence-electron chi connectivity index (χ1n) is 15.6. The zero-order chi connectivity index (χ0) is 35.2. The van der Waals surface area contributed by atoms with Gasteiger partial charge < -0.3 is 24.8 Å². The summed E-state index contributed by atoms with van der Waals surface area (Å²) >= 11 is 0. The maximum absolute atomic E-state index is 16.3. The summed E-state index contributed by atoms with van der Waals surface area (Å²) < 4.78 is 79.8. The number of benzene rings is 2. The topological polar surface area (TPSA) is 115 Å². The smallest absolute Gasteiger partial charge is 0.407 e. The van der Waals surface area contributed by atoms with Crippen molar-refractivity contribution in [1.82, 2.24) is 29.5 Å². The number of hydrogen-bond donors (Lipinski definition) is 2. The summed E-state index contributed by atoms with van der Waals surface area (Å²) in [5.74, 6) is -9.12. The third kappa shape index (κ3) is 6.48. The molecule has 3 amide bonds. The number of H-pyrrole nitrogens is 1. The molecule has 2 aromatic carbocycles. The van der Waals surface area contributed by atoms with Crippen LogP contribution in [0.3, 0.4) is 0 Å². The maximum atomic E-state index is 16.3. The summed E-state index contributed by atoms with van der Waals surface area (Å²) in [6.07, 6.45) is 3.67. The van der Waals surface area contributed by atoms with Gasteiger partial charge in [0.05, 0.1) is 18.0 Å². The molecule has 4 heterocycles. The molecule has 10 nitrogen and oxygen atoms in total. The summed E-state index contributed by atoms with van der Waals surface area (Å²) in [4.78, 5) is 43.3. The van der Waals surface area contributed by atoms with Gasteiger partial charge in [-0.3, -0.25) is 14.3 Å². The summed E-state index contributed by atoms with van der Waals surface area (Å²) in [5.41, 5.74) is -0.730. The molecule has 1 atom stereocenters. The Kier molecular flexibility index (Phi) is 8.94. The molecule has 2 aliphatic rings. The van der Waals surface area contributed by atoms with E-state index in [0.29, 0.717) is 36.0 Å². The van der Waals surface area contributed by atoms with Gasteiger partial charge in [-0.05, 0) is 59.9 Å². The first-order valence-corrected chi connectivity index (χ1v) is 15.6. The molecule has 49 heavy (non-hydrogen) atoms. The minimum atomic E-state index is -3.67. The van der Waals surface area contributed by atoms with Gasteiger partial charge in [0, 0.05) is 75.6 Å². The third-order valence-corrected chi connectivity index (χ3v) is 9.07.